The van der Waals surface area contributed by atoms with Crippen LogP contribution in [0.3, 0.4) is 0 Å². The van der Waals surface area contributed by atoms with Crippen molar-refractivity contribution in [3.05, 3.63) is 68.4 Å². The monoisotopic (exact) mass is 544 g/mol. The average Bonchev–Trinajstić information content (AvgIpc) is 3.42. The van der Waals surface area contributed by atoms with Crippen LogP contribution >= 0.6 is 27.5 Å². The highest BCUT2D eigenvalue weighted by Gasteiger charge is 2.36. The van der Waals surface area contributed by atoms with Gasteiger partial charge in [-0.1, -0.05) is 32.7 Å². The summed E-state index contributed by atoms with van der Waals surface area (Å²) in [7, 11) is 0. The second-order valence-corrected chi connectivity index (χ2v) is 10.4. The molecule has 178 valence electrons. The molecule has 0 spiro atoms. The summed E-state index contributed by atoms with van der Waals surface area (Å²) in [6, 6.07) is 9.66. The molecule has 9 heteroatoms. The van der Waals surface area contributed by atoms with Gasteiger partial charge in [-0.25, -0.2) is 4.68 Å². The third-order valence-electron chi connectivity index (χ3n) is 6.71. The number of benzene rings is 2. The van der Waals surface area contributed by atoms with E-state index >= 15 is 0 Å². The first-order chi connectivity index (χ1) is 16.3. The topological polar surface area (TPSA) is 80.5 Å². The molecule has 0 radical (unpaired) electrons. The smallest absolute Gasteiger partial charge is 0.227 e. The van der Waals surface area contributed by atoms with E-state index in [2.05, 4.69) is 26.2 Å². The van der Waals surface area contributed by atoms with E-state index in [4.69, 9.17) is 16.3 Å². The van der Waals surface area contributed by atoms with Crippen LogP contribution < -0.4 is 4.74 Å². The van der Waals surface area contributed by atoms with Gasteiger partial charge < -0.3 is 14.7 Å². The number of halogens is 2. The van der Waals surface area contributed by atoms with Gasteiger partial charge in [0.05, 0.1) is 24.9 Å². The SMILES string of the molecule is Cc1cc(Br)ccc1-n1cc(C2(O)CCCN(C(=O)Cc3cc(Cl)cc4c3OCC4)CC2)nn1. The molecule has 1 fully saturated rings. The molecule has 0 bridgehead atoms. The molecular formula is C25H26BrClN4O3. The lowest BCUT2D eigenvalue weighted by molar-refractivity contribution is -0.130. The third kappa shape index (κ3) is 4.59. The summed E-state index contributed by atoms with van der Waals surface area (Å²) in [4.78, 5) is 15.0. The van der Waals surface area contributed by atoms with Crippen molar-refractivity contribution in [1.29, 1.82) is 0 Å². The van der Waals surface area contributed by atoms with Crippen LogP contribution in [0.15, 0.2) is 41.0 Å². The zero-order chi connectivity index (χ0) is 23.9. The van der Waals surface area contributed by atoms with Gasteiger partial charge in [-0.05, 0) is 67.6 Å². The van der Waals surface area contributed by atoms with Crippen LogP contribution in [0.4, 0.5) is 0 Å². The number of nitrogens with zero attached hydrogens (tertiary/aromatic N) is 4. The molecule has 3 heterocycles. The van der Waals surface area contributed by atoms with Crippen LogP contribution in [0.1, 0.15) is 41.6 Å². The van der Waals surface area contributed by atoms with Gasteiger partial charge in [0, 0.05) is 34.6 Å². The number of hydrogen-bond donors (Lipinski definition) is 1. The van der Waals surface area contributed by atoms with E-state index in [1.54, 1.807) is 10.9 Å². The summed E-state index contributed by atoms with van der Waals surface area (Å²) in [6.45, 7) is 3.66. The Hall–Kier alpha value is -2.42. The Morgan fingerprint density at radius 2 is 2.12 bits per heavy atom. The molecule has 2 aliphatic rings. The minimum absolute atomic E-state index is 0.0124. The molecule has 1 saturated heterocycles. The minimum atomic E-state index is -1.13. The van der Waals surface area contributed by atoms with E-state index in [-0.39, 0.29) is 12.3 Å². The summed E-state index contributed by atoms with van der Waals surface area (Å²) in [5, 5.41) is 20.6. The van der Waals surface area contributed by atoms with E-state index in [1.807, 2.05) is 42.2 Å². The van der Waals surface area contributed by atoms with Crippen LogP contribution in [0.5, 0.6) is 5.75 Å². The first-order valence-corrected chi connectivity index (χ1v) is 12.6. The van der Waals surface area contributed by atoms with Crippen molar-refractivity contribution in [2.45, 2.75) is 44.6 Å². The molecule has 2 aliphatic heterocycles. The number of hydrogen-bond acceptors (Lipinski definition) is 5. The molecule has 0 aliphatic carbocycles. The standard InChI is InChI=1S/C25H26BrClN4O3/c1-16-11-19(26)3-4-21(16)31-15-22(28-29-31)25(33)6-2-8-30(9-7-25)23(32)14-18-13-20(27)12-17-5-10-34-24(17)18/h3-4,11-13,15,33H,2,5-10,14H2,1H3. The highest BCUT2D eigenvalue weighted by atomic mass is 79.9. The summed E-state index contributed by atoms with van der Waals surface area (Å²) < 4.78 is 8.45. The first kappa shape index (κ1) is 23.3. The largest absolute Gasteiger partial charge is 0.493 e. The van der Waals surface area contributed by atoms with E-state index in [0.29, 0.717) is 49.7 Å². The fourth-order valence-electron chi connectivity index (χ4n) is 4.85. The van der Waals surface area contributed by atoms with E-state index in [9.17, 15) is 9.90 Å². The maximum atomic E-state index is 13.1. The molecule has 1 atom stereocenters. The second-order valence-electron chi connectivity index (χ2n) is 9.07. The molecule has 7 nitrogen and oxygen atoms in total. The summed E-state index contributed by atoms with van der Waals surface area (Å²) >= 11 is 9.74. The number of carbonyl (C=O) groups excluding carboxylic acids is 1. The Morgan fingerprint density at radius 1 is 1.26 bits per heavy atom. The molecule has 2 aromatic carbocycles. The number of amides is 1. The molecular weight excluding hydrogens is 520 g/mol. The number of rotatable bonds is 4. The number of fused-ring (bicyclic) bond motifs is 1. The van der Waals surface area contributed by atoms with Gasteiger partial charge in [-0.2, -0.15) is 0 Å². The van der Waals surface area contributed by atoms with Crippen LogP contribution in [0.25, 0.3) is 5.69 Å². The van der Waals surface area contributed by atoms with Crippen LogP contribution in [0.2, 0.25) is 5.02 Å². The number of likely N-dealkylation sites (tertiary alicyclic amines) is 1. The molecule has 3 aromatic rings. The summed E-state index contributed by atoms with van der Waals surface area (Å²) in [5.41, 5.74) is 3.25. The van der Waals surface area contributed by atoms with Gasteiger partial charge in [-0.15, -0.1) is 5.10 Å². The molecule has 1 amide bonds. The van der Waals surface area contributed by atoms with Crippen molar-refractivity contribution in [1.82, 2.24) is 19.9 Å². The van der Waals surface area contributed by atoms with Crippen LogP contribution in [-0.4, -0.2) is 50.6 Å². The second kappa shape index (κ2) is 9.32. The lowest BCUT2D eigenvalue weighted by Crippen LogP contribution is -2.34. The fraction of sp³-hybridized carbons (Fsp3) is 0.400. The number of aromatic nitrogens is 3. The van der Waals surface area contributed by atoms with Crippen molar-refractivity contribution >= 4 is 33.4 Å². The van der Waals surface area contributed by atoms with Crippen molar-refractivity contribution in [3.63, 3.8) is 0 Å². The average molecular weight is 546 g/mol. The number of aliphatic hydroxyl groups is 1. The minimum Gasteiger partial charge on any atom is -0.493 e. The van der Waals surface area contributed by atoms with Gasteiger partial charge >= 0.3 is 0 Å². The zero-order valence-corrected chi connectivity index (χ0v) is 21.3. The predicted molar refractivity (Wildman–Crippen MR) is 132 cm³/mol. The summed E-state index contributed by atoms with van der Waals surface area (Å²) in [6.07, 6.45) is 4.44. The normalized spacial score (nSPS) is 20.1. The van der Waals surface area contributed by atoms with Crippen LogP contribution in [0, 0.1) is 6.92 Å². The Bertz CT molecular complexity index is 1250. The fourth-order valence-corrected chi connectivity index (χ4v) is 5.59. The van der Waals surface area contributed by atoms with Gasteiger partial charge in [-0.3, -0.25) is 4.79 Å². The lowest BCUT2D eigenvalue weighted by Gasteiger charge is -2.25. The molecule has 1 N–H and O–H groups in total. The lowest BCUT2D eigenvalue weighted by atomic mass is 9.92. The Kier molecular flexibility index (Phi) is 6.39. The summed E-state index contributed by atoms with van der Waals surface area (Å²) in [5.74, 6) is 0.808. The van der Waals surface area contributed by atoms with Crippen molar-refractivity contribution in [2.75, 3.05) is 19.7 Å². The molecule has 1 aromatic heterocycles. The Labute approximate surface area is 211 Å². The third-order valence-corrected chi connectivity index (χ3v) is 7.42. The number of carbonyl (C=O) groups is 1. The van der Waals surface area contributed by atoms with Crippen molar-refractivity contribution in [2.24, 2.45) is 0 Å². The predicted octanol–water partition coefficient (Wildman–Crippen LogP) is 4.37. The number of aryl methyl sites for hydroxylation is 1. The zero-order valence-electron chi connectivity index (χ0n) is 18.9. The molecule has 1 unspecified atom stereocenters. The van der Waals surface area contributed by atoms with Crippen LogP contribution in [-0.2, 0) is 23.2 Å². The molecule has 0 saturated carbocycles. The van der Waals surface area contributed by atoms with Crippen molar-refractivity contribution in [3.8, 4) is 11.4 Å². The highest BCUT2D eigenvalue weighted by molar-refractivity contribution is 9.10. The van der Waals surface area contributed by atoms with E-state index in [1.165, 1.54) is 0 Å². The van der Waals surface area contributed by atoms with Gasteiger partial charge in [0.25, 0.3) is 0 Å². The highest BCUT2D eigenvalue weighted by Crippen LogP contribution is 2.35. The maximum absolute atomic E-state index is 13.1. The maximum Gasteiger partial charge on any atom is 0.227 e. The first-order valence-electron chi connectivity index (χ1n) is 11.5. The quantitative estimate of drug-likeness (QED) is 0.527. The van der Waals surface area contributed by atoms with E-state index in [0.717, 1.165) is 39.0 Å². The van der Waals surface area contributed by atoms with Gasteiger partial charge in [0.2, 0.25) is 5.91 Å². The molecule has 34 heavy (non-hydrogen) atoms. The van der Waals surface area contributed by atoms with Gasteiger partial charge in [0.15, 0.2) is 0 Å². The molecule has 5 rings (SSSR count). The number of ether oxygens (including phenoxy) is 1. The Balaban J connectivity index is 1.29. The van der Waals surface area contributed by atoms with E-state index < -0.39 is 5.60 Å². The Morgan fingerprint density at radius 3 is 2.94 bits per heavy atom. The van der Waals surface area contributed by atoms with Gasteiger partial charge in [0.1, 0.15) is 17.0 Å². The van der Waals surface area contributed by atoms with Crippen molar-refractivity contribution < 1.29 is 14.6 Å².